The van der Waals surface area contributed by atoms with Crippen LogP contribution in [-0.2, 0) is 0 Å². The molecule has 2 heterocycles. The number of likely N-dealkylation sites (N-methyl/N-ethyl adjacent to an activating group) is 1. The number of nitrogens with one attached hydrogen (secondary N) is 2. The van der Waals surface area contributed by atoms with Crippen LogP contribution in [0.4, 0.5) is 0 Å². The summed E-state index contributed by atoms with van der Waals surface area (Å²) in [4.78, 5) is 43.9. The fourth-order valence-corrected chi connectivity index (χ4v) is 2.98. The van der Waals surface area contributed by atoms with Gasteiger partial charge in [0, 0.05) is 25.8 Å². The van der Waals surface area contributed by atoms with Crippen LogP contribution in [0.15, 0.2) is 40.1 Å². The average Bonchev–Trinajstić information content (AvgIpc) is 2.62. The largest absolute Gasteiger partial charge is 0.497 e. The maximum Gasteiger partial charge on any atom is 0.325 e. The zero-order valence-corrected chi connectivity index (χ0v) is 14.1. The van der Waals surface area contributed by atoms with Gasteiger partial charge in [-0.15, -0.1) is 0 Å². The van der Waals surface area contributed by atoms with Crippen LogP contribution in [0.1, 0.15) is 22.0 Å². The second kappa shape index (κ2) is 6.94. The molecular weight excluding hydrogens is 324 g/mol. The van der Waals surface area contributed by atoms with E-state index >= 15 is 0 Å². The highest BCUT2D eigenvalue weighted by Gasteiger charge is 2.30. The quantitative estimate of drug-likeness (QED) is 0.829. The number of H-pyrrole nitrogens is 2. The van der Waals surface area contributed by atoms with Crippen molar-refractivity contribution in [3.05, 3.63) is 62.4 Å². The van der Waals surface area contributed by atoms with Crippen molar-refractivity contribution in [2.75, 3.05) is 33.8 Å². The van der Waals surface area contributed by atoms with Gasteiger partial charge < -0.3 is 14.6 Å². The molecule has 0 radical (unpaired) electrons. The van der Waals surface area contributed by atoms with Crippen molar-refractivity contribution in [3.8, 4) is 5.75 Å². The fraction of sp³-hybridized carbons (Fsp3) is 0.353. The SMILES string of the molecule is COc1ccc(C2CN(C(=O)c3c[nH]c(=O)[nH]c3=O)CCN2C)cc1. The zero-order chi connectivity index (χ0) is 18.0. The Hall–Kier alpha value is -2.87. The minimum atomic E-state index is -0.673. The third-order valence-electron chi connectivity index (χ3n) is 4.49. The number of ether oxygens (including phenoxy) is 1. The first-order valence-electron chi connectivity index (χ1n) is 7.95. The number of benzene rings is 1. The highest BCUT2D eigenvalue weighted by Crippen LogP contribution is 2.26. The molecule has 1 atom stereocenters. The van der Waals surface area contributed by atoms with Crippen molar-refractivity contribution >= 4 is 5.91 Å². The monoisotopic (exact) mass is 344 g/mol. The molecule has 1 saturated heterocycles. The van der Waals surface area contributed by atoms with E-state index in [1.165, 1.54) is 6.20 Å². The molecule has 0 saturated carbocycles. The highest BCUT2D eigenvalue weighted by atomic mass is 16.5. The Morgan fingerprint density at radius 3 is 2.56 bits per heavy atom. The van der Waals surface area contributed by atoms with Crippen LogP contribution in [0, 0.1) is 0 Å². The number of piperazine rings is 1. The predicted molar refractivity (Wildman–Crippen MR) is 92.0 cm³/mol. The van der Waals surface area contributed by atoms with E-state index in [1.807, 2.05) is 31.3 Å². The number of hydrogen-bond donors (Lipinski definition) is 2. The molecule has 1 fully saturated rings. The first kappa shape index (κ1) is 17.0. The molecule has 3 rings (SSSR count). The number of methoxy groups -OCH3 is 1. The third kappa shape index (κ3) is 3.48. The van der Waals surface area contributed by atoms with E-state index in [2.05, 4.69) is 14.9 Å². The summed E-state index contributed by atoms with van der Waals surface area (Å²) in [6.45, 7) is 1.66. The number of hydrogen-bond acceptors (Lipinski definition) is 5. The summed E-state index contributed by atoms with van der Waals surface area (Å²) in [7, 11) is 3.62. The van der Waals surface area contributed by atoms with E-state index in [4.69, 9.17) is 4.74 Å². The lowest BCUT2D eigenvalue weighted by atomic mass is 10.0. The van der Waals surface area contributed by atoms with Gasteiger partial charge in [-0.2, -0.15) is 0 Å². The minimum Gasteiger partial charge on any atom is -0.497 e. The second-order valence-electron chi connectivity index (χ2n) is 6.01. The van der Waals surface area contributed by atoms with Gasteiger partial charge >= 0.3 is 5.69 Å². The molecule has 1 amide bonds. The van der Waals surface area contributed by atoms with Crippen LogP contribution in [0.5, 0.6) is 5.75 Å². The molecule has 132 valence electrons. The van der Waals surface area contributed by atoms with Crippen molar-refractivity contribution < 1.29 is 9.53 Å². The summed E-state index contributed by atoms with van der Waals surface area (Å²) in [5.41, 5.74) is -0.293. The van der Waals surface area contributed by atoms with Gasteiger partial charge in [0.25, 0.3) is 11.5 Å². The van der Waals surface area contributed by atoms with E-state index in [-0.39, 0.29) is 17.5 Å². The second-order valence-corrected chi connectivity index (χ2v) is 6.01. The smallest absolute Gasteiger partial charge is 0.325 e. The number of aromatic amines is 2. The maximum atomic E-state index is 12.7. The molecule has 0 bridgehead atoms. The Labute approximate surface area is 144 Å². The molecule has 8 heteroatoms. The minimum absolute atomic E-state index is 0.0189. The van der Waals surface area contributed by atoms with Crippen molar-refractivity contribution in [2.45, 2.75) is 6.04 Å². The standard InChI is InChI=1S/C17H20N4O4/c1-20-7-8-21(16(23)13-9-18-17(24)19-15(13)22)10-14(20)11-3-5-12(25-2)6-4-11/h3-6,9,14H,7-8,10H2,1-2H3,(H2,18,19,22,24). The number of amides is 1. The lowest BCUT2D eigenvalue weighted by Crippen LogP contribution is -2.50. The summed E-state index contributed by atoms with van der Waals surface area (Å²) >= 11 is 0. The molecule has 8 nitrogen and oxygen atoms in total. The first-order chi connectivity index (χ1) is 12.0. The number of carbonyl (C=O) groups excluding carboxylic acids is 1. The molecular formula is C17H20N4O4. The predicted octanol–water partition coefficient (Wildman–Crippen LogP) is 0.201. The topological polar surface area (TPSA) is 98.5 Å². The number of rotatable bonds is 3. The molecule has 1 unspecified atom stereocenters. The van der Waals surface area contributed by atoms with E-state index < -0.39 is 11.2 Å². The Morgan fingerprint density at radius 1 is 1.20 bits per heavy atom. The zero-order valence-electron chi connectivity index (χ0n) is 14.1. The number of nitrogens with zero attached hydrogens (tertiary/aromatic N) is 2. The van der Waals surface area contributed by atoms with Gasteiger partial charge in [-0.25, -0.2) is 4.79 Å². The molecule has 1 aromatic carbocycles. The summed E-state index contributed by atoms with van der Waals surface area (Å²) in [6, 6.07) is 7.74. The summed E-state index contributed by atoms with van der Waals surface area (Å²) < 4.78 is 5.18. The summed E-state index contributed by atoms with van der Waals surface area (Å²) in [6.07, 6.45) is 1.17. The van der Waals surface area contributed by atoms with Crippen molar-refractivity contribution in [2.24, 2.45) is 0 Å². The summed E-state index contributed by atoms with van der Waals surface area (Å²) in [5, 5.41) is 0. The van der Waals surface area contributed by atoms with E-state index in [0.29, 0.717) is 19.6 Å². The van der Waals surface area contributed by atoms with Crippen molar-refractivity contribution in [1.29, 1.82) is 0 Å². The van der Waals surface area contributed by atoms with Crippen LogP contribution >= 0.6 is 0 Å². The van der Waals surface area contributed by atoms with Crippen molar-refractivity contribution in [3.63, 3.8) is 0 Å². The fourth-order valence-electron chi connectivity index (χ4n) is 2.98. The van der Waals surface area contributed by atoms with Crippen LogP contribution in [0.25, 0.3) is 0 Å². The van der Waals surface area contributed by atoms with Crippen molar-refractivity contribution in [1.82, 2.24) is 19.8 Å². The van der Waals surface area contributed by atoms with Gasteiger partial charge in [-0.05, 0) is 24.7 Å². The number of aromatic nitrogens is 2. The lowest BCUT2D eigenvalue weighted by Gasteiger charge is -2.39. The lowest BCUT2D eigenvalue weighted by molar-refractivity contribution is 0.0544. The van der Waals surface area contributed by atoms with Gasteiger partial charge in [0.2, 0.25) is 0 Å². The molecule has 0 aliphatic carbocycles. The molecule has 1 aliphatic heterocycles. The highest BCUT2D eigenvalue weighted by molar-refractivity contribution is 5.93. The molecule has 25 heavy (non-hydrogen) atoms. The van der Waals surface area contributed by atoms with Crippen LogP contribution in [0.2, 0.25) is 0 Å². The maximum absolute atomic E-state index is 12.7. The normalized spacial score (nSPS) is 18.2. The molecule has 1 aliphatic rings. The van der Waals surface area contributed by atoms with Crippen LogP contribution in [0.3, 0.4) is 0 Å². The Kier molecular flexibility index (Phi) is 4.71. The van der Waals surface area contributed by atoms with Gasteiger partial charge in [-0.1, -0.05) is 12.1 Å². The van der Waals surface area contributed by atoms with Gasteiger partial charge in [0.05, 0.1) is 13.2 Å². The molecule has 0 spiro atoms. The summed E-state index contributed by atoms with van der Waals surface area (Å²) in [5.74, 6) is 0.388. The van der Waals surface area contributed by atoms with Crippen LogP contribution < -0.4 is 16.0 Å². The van der Waals surface area contributed by atoms with E-state index in [1.54, 1.807) is 12.0 Å². The third-order valence-corrected chi connectivity index (χ3v) is 4.49. The van der Waals surface area contributed by atoms with Gasteiger partial charge in [-0.3, -0.25) is 19.5 Å². The van der Waals surface area contributed by atoms with E-state index in [0.717, 1.165) is 11.3 Å². The Morgan fingerprint density at radius 2 is 1.92 bits per heavy atom. The van der Waals surface area contributed by atoms with Gasteiger partial charge in [0.15, 0.2) is 0 Å². The first-order valence-corrected chi connectivity index (χ1v) is 7.95. The number of carbonyl (C=O) groups is 1. The molecule has 1 aromatic heterocycles. The average molecular weight is 344 g/mol. The Balaban J connectivity index is 1.82. The van der Waals surface area contributed by atoms with Gasteiger partial charge in [0.1, 0.15) is 11.3 Å². The van der Waals surface area contributed by atoms with E-state index in [9.17, 15) is 14.4 Å². The molecule has 2 N–H and O–H groups in total. The van der Waals surface area contributed by atoms with Crippen LogP contribution in [-0.4, -0.2) is 59.5 Å². The molecule has 2 aromatic rings. The Bertz CT molecular complexity index is 871.